The number of esters is 1. The molecule has 0 unspecified atom stereocenters. The van der Waals surface area contributed by atoms with Crippen molar-refractivity contribution >= 4 is 17.6 Å². The Morgan fingerprint density at radius 2 is 1.56 bits per heavy atom. The Morgan fingerprint density at radius 1 is 1.19 bits per heavy atom. The quantitative estimate of drug-likeness (QED) is 0.341. The van der Waals surface area contributed by atoms with E-state index in [0.717, 1.165) is 0 Å². The van der Waals surface area contributed by atoms with Gasteiger partial charge in [-0.15, -0.1) is 11.6 Å². The average Bonchev–Trinajstić information content (AvgIpc) is 2.00. The topological polar surface area (TPSA) is 26.3 Å². The number of rotatable bonds is 3. The van der Waals surface area contributed by atoms with Gasteiger partial charge in [-0.2, -0.15) is 26.3 Å². The first-order valence-electron chi connectivity index (χ1n) is 3.56. The maximum absolute atomic E-state index is 12.3. The molecule has 0 amide bonds. The maximum atomic E-state index is 12.3. The summed E-state index contributed by atoms with van der Waals surface area (Å²) in [5.74, 6) is -4.58. The second-order valence-corrected chi connectivity index (χ2v) is 2.87. The fourth-order valence-corrected chi connectivity index (χ4v) is 1.19. The third-order valence-corrected chi connectivity index (χ3v) is 2.11. The van der Waals surface area contributed by atoms with E-state index in [1.165, 1.54) is 0 Å². The van der Waals surface area contributed by atoms with Gasteiger partial charge in [0.25, 0.3) is 5.41 Å². The van der Waals surface area contributed by atoms with E-state index in [2.05, 4.69) is 22.9 Å². The predicted molar refractivity (Wildman–Crippen MR) is 41.6 cm³/mol. The summed E-state index contributed by atoms with van der Waals surface area (Å²) in [6.07, 6.45) is -11.7. The Morgan fingerprint density at radius 3 is 1.75 bits per heavy atom. The van der Waals surface area contributed by atoms with Gasteiger partial charge in [-0.1, -0.05) is 6.58 Å². The summed E-state index contributed by atoms with van der Waals surface area (Å²) in [5.41, 5.74) is -4.74. The third kappa shape index (κ3) is 2.26. The second kappa shape index (κ2) is 4.52. The minimum atomic E-state index is -5.91. The van der Waals surface area contributed by atoms with Crippen LogP contribution in [0.25, 0.3) is 0 Å². The molecule has 9 heteroatoms. The number of halogens is 7. The van der Waals surface area contributed by atoms with Gasteiger partial charge in [0.15, 0.2) is 0 Å². The normalized spacial score (nSPS) is 13.4. The number of ether oxygens (including phenoxy) is 1. The lowest BCUT2D eigenvalue weighted by atomic mass is 9.89. The molecule has 16 heavy (non-hydrogen) atoms. The van der Waals surface area contributed by atoms with E-state index in [1.54, 1.807) is 0 Å². The summed E-state index contributed by atoms with van der Waals surface area (Å²) < 4.78 is 77.4. The van der Waals surface area contributed by atoms with Crippen molar-refractivity contribution < 1.29 is 35.9 Å². The molecule has 0 saturated carbocycles. The number of hydrogen-bond acceptors (Lipinski definition) is 2. The zero-order chi connectivity index (χ0) is 13.2. The molecule has 0 aliphatic carbocycles. The molecule has 0 aromatic carbocycles. The first-order chi connectivity index (χ1) is 7.04. The van der Waals surface area contributed by atoms with Gasteiger partial charge >= 0.3 is 18.3 Å². The van der Waals surface area contributed by atoms with E-state index in [1.807, 2.05) is 0 Å². The number of carbonyl (C=O) groups excluding carboxylic acids is 1. The summed E-state index contributed by atoms with van der Waals surface area (Å²) in [5, 5.41) is 0. The lowest BCUT2D eigenvalue weighted by molar-refractivity contribution is -0.323. The standard InChI is InChI=1S/C7H5ClF6O2/c1-2-16-4(15)5(3-8,6(9,10)11)7(12,13)14/h2H,1,3H2. The Labute approximate surface area is 90.8 Å². The van der Waals surface area contributed by atoms with Crippen molar-refractivity contribution in [1.82, 2.24) is 0 Å². The molecule has 0 heterocycles. The predicted octanol–water partition coefficient (Wildman–Crippen LogP) is 3.02. The molecule has 0 spiro atoms. The van der Waals surface area contributed by atoms with Crippen molar-refractivity contribution in [1.29, 1.82) is 0 Å². The molecule has 0 aromatic heterocycles. The Bertz CT molecular complexity index is 268. The summed E-state index contributed by atoms with van der Waals surface area (Å²) >= 11 is 4.65. The van der Waals surface area contributed by atoms with E-state index in [0.29, 0.717) is 0 Å². The van der Waals surface area contributed by atoms with Gasteiger partial charge in [0, 0.05) is 0 Å². The van der Waals surface area contributed by atoms with Crippen LogP contribution in [0.2, 0.25) is 0 Å². The number of alkyl halides is 7. The molecule has 0 aliphatic heterocycles. The summed E-state index contributed by atoms with van der Waals surface area (Å²) in [6, 6.07) is 0. The van der Waals surface area contributed by atoms with E-state index in [9.17, 15) is 31.1 Å². The van der Waals surface area contributed by atoms with Gasteiger partial charge in [-0.05, 0) is 0 Å². The Hall–Kier alpha value is -0.920. The Balaban J connectivity index is 5.67. The van der Waals surface area contributed by atoms with Crippen molar-refractivity contribution in [2.24, 2.45) is 5.41 Å². The number of carbonyl (C=O) groups is 1. The van der Waals surface area contributed by atoms with Crippen molar-refractivity contribution in [3.05, 3.63) is 12.8 Å². The fraction of sp³-hybridized carbons (Fsp3) is 0.571. The monoisotopic (exact) mass is 270 g/mol. The average molecular weight is 271 g/mol. The second-order valence-electron chi connectivity index (χ2n) is 2.61. The highest BCUT2D eigenvalue weighted by molar-refractivity contribution is 6.20. The van der Waals surface area contributed by atoms with Gasteiger partial charge < -0.3 is 4.74 Å². The largest absolute Gasteiger partial charge is 0.434 e. The minimum Gasteiger partial charge on any atom is -0.434 e. The van der Waals surface area contributed by atoms with Crippen LogP contribution in [0, 0.1) is 5.41 Å². The van der Waals surface area contributed by atoms with Gasteiger partial charge in [0.1, 0.15) is 0 Å². The molecule has 0 atom stereocenters. The highest BCUT2D eigenvalue weighted by Gasteiger charge is 2.76. The molecule has 0 aliphatic rings. The Kier molecular flexibility index (Phi) is 4.26. The molecule has 0 N–H and O–H groups in total. The van der Waals surface area contributed by atoms with Gasteiger partial charge in [-0.3, -0.25) is 4.79 Å². The van der Waals surface area contributed by atoms with Crippen LogP contribution in [0.4, 0.5) is 26.3 Å². The molecular formula is C7H5ClF6O2. The third-order valence-electron chi connectivity index (χ3n) is 1.71. The molecule has 0 rings (SSSR count). The van der Waals surface area contributed by atoms with Crippen LogP contribution >= 0.6 is 11.6 Å². The van der Waals surface area contributed by atoms with Crippen LogP contribution in [-0.2, 0) is 9.53 Å². The van der Waals surface area contributed by atoms with Gasteiger partial charge in [0.2, 0.25) is 0 Å². The molecule has 0 radical (unpaired) electrons. The van der Waals surface area contributed by atoms with Crippen molar-refractivity contribution in [3.63, 3.8) is 0 Å². The first kappa shape index (κ1) is 15.1. The lowest BCUT2D eigenvalue weighted by Gasteiger charge is -2.32. The van der Waals surface area contributed by atoms with E-state index in [4.69, 9.17) is 0 Å². The zero-order valence-electron chi connectivity index (χ0n) is 7.45. The smallest absolute Gasteiger partial charge is 0.415 e. The molecule has 0 aromatic rings. The zero-order valence-corrected chi connectivity index (χ0v) is 8.21. The highest BCUT2D eigenvalue weighted by Crippen LogP contribution is 2.51. The minimum absolute atomic E-state index is 0.168. The van der Waals surface area contributed by atoms with Crippen LogP contribution in [0.5, 0.6) is 0 Å². The summed E-state index contributed by atoms with van der Waals surface area (Å²) in [4.78, 5) is 10.8. The van der Waals surface area contributed by atoms with Gasteiger partial charge in [0.05, 0.1) is 12.1 Å². The van der Waals surface area contributed by atoms with Crippen LogP contribution in [0.3, 0.4) is 0 Å². The van der Waals surface area contributed by atoms with Crippen molar-refractivity contribution in [3.8, 4) is 0 Å². The molecule has 0 saturated heterocycles. The summed E-state index contributed by atoms with van der Waals surface area (Å²) in [7, 11) is 0. The van der Waals surface area contributed by atoms with E-state index >= 15 is 0 Å². The van der Waals surface area contributed by atoms with E-state index < -0.39 is 29.6 Å². The fourth-order valence-electron chi connectivity index (χ4n) is 0.775. The first-order valence-corrected chi connectivity index (χ1v) is 4.09. The van der Waals surface area contributed by atoms with Crippen LogP contribution in [-0.4, -0.2) is 24.2 Å². The van der Waals surface area contributed by atoms with Crippen molar-refractivity contribution in [2.45, 2.75) is 12.4 Å². The lowest BCUT2D eigenvalue weighted by Crippen LogP contribution is -2.57. The van der Waals surface area contributed by atoms with Crippen molar-refractivity contribution in [2.75, 3.05) is 5.88 Å². The molecule has 0 bridgehead atoms. The maximum Gasteiger partial charge on any atom is 0.415 e. The molecular weight excluding hydrogens is 266 g/mol. The molecule has 0 fully saturated rings. The SMILES string of the molecule is C=COC(=O)C(CCl)(C(F)(F)F)C(F)(F)F. The van der Waals surface area contributed by atoms with Crippen LogP contribution in [0.15, 0.2) is 12.8 Å². The van der Waals surface area contributed by atoms with Gasteiger partial charge in [-0.25, -0.2) is 0 Å². The van der Waals surface area contributed by atoms with Crippen LogP contribution < -0.4 is 0 Å². The van der Waals surface area contributed by atoms with Crippen LogP contribution in [0.1, 0.15) is 0 Å². The molecule has 2 nitrogen and oxygen atoms in total. The highest BCUT2D eigenvalue weighted by atomic mass is 35.5. The summed E-state index contributed by atoms with van der Waals surface area (Å²) in [6.45, 7) is 2.69. The van der Waals surface area contributed by atoms with E-state index in [-0.39, 0.29) is 6.26 Å². The number of hydrogen-bond donors (Lipinski definition) is 0. The molecule has 94 valence electrons.